The smallest absolute Gasteiger partial charge is 0.306 e. The van der Waals surface area contributed by atoms with Crippen molar-refractivity contribution < 1.29 is 24.1 Å². The fourth-order valence-corrected chi connectivity index (χ4v) is 2.90. The minimum Gasteiger partial charge on any atom is -0.489 e. The Morgan fingerprint density at radius 1 is 0.897 bits per heavy atom. The largest absolute Gasteiger partial charge is 0.489 e. The SMILES string of the molecule is CCO[C@H](CC(=O)O)c1ccc(OCc2cccc(Oc3ccccc3)c2)cc1. The predicted octanol–water partition coefficient (Wildman–Crippen LogP) is 5.61. The molecule has 0 heterocycles. The van der Waals surface area contributed by atoms with Gasteiger partial charge in [-0.05, 0) is 54.4 Å². The summed E-state index contributed by atoms with van der Waals surface area (Å²) in [4.78, 5) is 11.0. The highest BCUT2D eigenvalue weighted by atomic mass is 16.5. The third-order valence-electron chi connectivity index (χ3n) is 4.26. The van der Waals surface area contributed by atoms with Crippen molar-refractivity contribution >= 4 is 5.97 Å². The molecule has 1 N–H and O–H groups in total. The fraction of sp³-hybridized carbons (Fsp3) is 0.208. The quantitative estimate of drug-likeness (QED) is 0.486. The van der Waals surface area contributed by atoms with Crippen LogP contribution in [0.4, 0.5) is 0 Å². The Balaban J connectivity index is 1.60. The average molecular weight is 392 g/mol. The van der Waals surface area contributed by atoms with Crippen molar-refractivity contribution in [3.05, 3.63) is 90.0 Å². The van der Waals surface area contributed by atoms with E-state index in [9.17, 15) is 4.79 Å². The van der Waals surface area contributed by atoms with Crippen LogP contribution in [0.3, 0.4) is 0 Å². The van der Waals surface area contributed by atoms with E-state index in [1.54, 1.807) is 0 Å². The number of rotatable bonds is 10. The highest BCUT2D eigenvalue weighted by molar-refractivity contribution is 5.67. The Labute approximate surface area is 170 Å². The zero-order chi connectivity index (χ0) is 20.5. The lowest BCUT2D eigenvalue weighted by Gasteiger charge is -2.16. The molecule has 29 heavy (non-hydrogen) atoms. The normalized spacial score (nSPS) is 11.6. The van der Waals surface area contributed by atoms with Crippen molar-refractivity contribution in [2.24, 2.45) is 0 Å². The van der Waals surface area contributed by atoms with E-state index in [0.717, 1.165) is 22.6 Å². The first-order valence-corrected chi connectivity index (χ1v) is 9.52. The maximum Gasteiger partial charge on any atom is 0.306 e. The third-order valence-corrected chi connectivity index (χ3v) is 4.26. The minimum absolute atomic E-state index is 0.0672. The van der Waals surface area contributed by atoms with Crippen LogP contribution >= 0.6 is 0 Å². The lowest BCUT2D eigenvalue weighted by molar-refractivity contribution is -0.140. The molecule has 5 nitrogen and oxygen atoms in total. The summed E-state index contributed by atoms with van der Waals surface area (Å²) in [6.45, 7) is 2.70. The van der Waals surface area contributed by atoms with E-state index < -0.39 is 12.1 Å². The van der Waals surface area contributed by atoms with E-state index in [4.69, 9.17) is 19.3 Å². The Morgan fingerprint density at radius 2 is 1.62 bits per heavy atom. The van der Waals surface area contributed by atoms with Crippen LogP contribution in [0.5, 0.6) is 17.2 Å². The Morgan fingerprint density at radius 3 is 2.31 bits per heavy atom. The van der Waals surface area contributed by atoms with Gasteiger partial charge in [0, 0.05) is 6.61 Å². The zero-order valence-corrected chi connectivity index (χ0v) is 16.3. The second-order valence-corrected chi connectivity index (χ2v) is 6.46. The molecular formula is C24H24O5. The van der Waals surface area contributed by atoms with Gasteiger partial charge in [0.15, 0.2) is 0 Å². The van der Waals surface area contributed by atoms with Crippen molar-refractivity contribution in [3.8, 4) is 17.2 Å². The highest BCUT2D eigenvalue weighted by Crippen LogP contribution is 2.25. The fourth-order valence-electron chi connectivity index (χ4n) is 2.90. The molecule has 0 spiro atoms. The van der Waals surface area contributed by atoms with Gasteiger partial charge < -0.3 is 19.3 Å². The van der Waals surface area contributed by atoms with Crippen molar-refractivity contribution in [3.63, 3.8) is 0 Å². The molecule has 0 aliphatic carbocycles. The number of carbonyl (C=O) groups is 1. The van der Waals surface area contributed by atoms with Gasteiger partial charge >= 0.3 is 5.97 Å². The van der Waals surface area contributed by atoms with Crippen molar-refractivity contribution in [2.45, 2.75) is 26.1 Å². The molecule has 0 saturated heterocycles. The first-order valence-electron chi connectivity index (χ1n) is 9.52. The van der Waals surface area contributed by atoms with E-state index >= 15 is 0 Å². The van der Waals surface area contributed by atoms with Gasteiger partial charge in [0.2, 0.25) is 0 Å². The van der Waals surface area contributed by atoms with Gasteiger partial charge in [0.1, 0.15) is 23.9 Å². The molecule has 0 aliphatic heterocycles. The minimum atomic E-state index is -0.888. The molecule has 0 bridgehead atoms. The van der Waals surface area contributed by atoms with Crippen LogP contribution in [-0.4, -0.2) is 17.7 Å². The summed E-state index contributed by atoms with van der Waals surface area (Å²) in [6.07, 6.45) is -0.527. The summed E-state index contributed by atoms with van der Waals surface area (Å²) >= 11 is 0. The monoisotopic (exact) mass is 392 g/mol. The number of hydrogen-bond acceptors (Lipinski definition) is 4. The molecule has 3 aromatic rings. The van der Waals surface area contributed by atoms with Crippen LogP contribution < -0.4 is 9.47 Å². The lowest BCUT2D eigenvalue weighted by atomic mass is 10.1. The topological polar surface area (TPSA) is 65.0 Å². The molecule has 0 aliphatic rings. The standard InChI is InChI=1S/C24H24O5/c1-2-27-23(16-24(25)26)19-11-13-20(14-12-19)28-17-18-7-6-10-22(15-18)29-21-8-4-3-5-9-21/h3-15,23H,2,16-17H2,1H3,(H,25,26)/t23-/m1/s1. The molecule has 0 saturated carbocycles. The third kappa shape index (κ3) is 6.36. The second kappa shape index (κ2) is 10.3. The van der Waals surface area contributed by atoms with Crippen molar-refractivity contribution in [1.82, 2.24) is 0 Å². The van der Waals surface area contributed by atoms with Crippen LogP contribution in [0.15, 0.2) is 78.9 Å². The van der Waals surface area contributed by atoms with Gasteiger partial charge in [0.05, 0.1) is 12.5 Å². The lowest BCUT2D eigenvalue weighted by Crippen LogP contribution is -2.10. The van der Waals surface area contributed by atoms with Gasteiger partial charge in [-0.2, -0.15) is 0 Å². The van der Waals surface area contributed by atoms with Crippen molar-refractivity contribution in [2.75, 3.05) is 6.61 Å². The first kappa shape index (κ1) is 20.4. The van der Waals surface area contributed by atoms with Gasteiger partial charge in [-0.15, -0.1) is 0 Å². The summed E-state index contributed by atoms with van der Waals surface area (Å²) < 4.78 is 17.2. The van der Waals surface area contributed by atoms with E-state index in [0.29, 0.717) is 19.0 Å². The van der Waals surface area contributed by atoms with E-state index in [2.05, 4.69) is 0 Å². The van der Waals surface area contributed by atoms with Crippen LogP contribution in [-0.2, 0) is 16.1 Å². The zero-order valence-electron chi connectivity index (χ0n) is 16.3. The Kier molecular flexibility index (Phi) is 7.25. The van der Waals surface area contributed by atoms with Gasteiger partial charge in [0.25, 0.3) is 0 Å². The van der Waals surface area contributed by atoms with E-state index in [-0.39, 0.29) is 6.42 Å². The van der Waals surface area contributed by atoms with E-state index in [1.807, 2.05) is 85.8 Å². The molecule has 150 valence electrons. The van der Waals surface area contributed by atoms with Crippen LogP contribution in [0.25, 0.3) is 0 Å². The molecule has 5 heteroatoms. The maximum atomic E-state index is 11.0. The summed E-state index contributed by atoms with van der Waals surface area (Å²) in [5.41, 5.74) is 1.81. The summed E-state index contributed by atoms with van der Waals surface area (Å²) in [5.74, 6) is 1.35. The molecule has 0 aromatic heterocycles. The maximum absolute atomic E-state index is 11.0. The van der Waals surface area contributed by atoms with Crippen LogP contribution in [0.2, 0.25) is 0 Å². The molecule has 0 fully saturated rings. The number of ether oxygens (including phenoxy) is 3. The predicted molar refractivity (Wildman–Crippen MR) is 110 cm³/mol. The van der Waals surface area contributed by atoms with Crippen molar-refractivity contribution in [1.29, 1.82) is 0 Å². The average Bonchev–Trinajstić information content (AvgIpc) is 2.73. The summed E-state index contributed by atoms with van der Waals surface area (Å²) in [5, 5.41) is 9.04. The molecule has 1 atom stereocenters. The summed E-state index contributed by atoms with van der Waals surface area (Å²) in [6, 6.07) is 24.7. The van der Waals surface area contributed by atoms with Crippen LogP contribution in [0, 0.1) is 0 Å². The van der Waals surface area contributed by atoms with E-state index in [1.165, 1.54) is 0 Å². The van der Waals surface area contributed by atoms with Gasteiger partial charge in [-0.25, -0.2) is 0 Å². The highest BCUT2D eigenvalue weighted by Gasteiger charge is 2.15. The number of carboxylic acids is 1. The molecule has 0 unspecified atom stereocenters. The Bertz CT molecular complexity index is 906. The molecule has 0 amide bonds. The second-order valence-electron chi connectivity index (χ2n) is 6.46. The number of aliphatic carboxylic acids is 1. The number of para-hydroxylation sites is 1. The number of benzene rings is 3. The number of carboxylic acid groups (broad SMARTS) is 1. The molecule has 0 radical (unpaired) electrons. The number of hydrogen-bond donors (Lipinski definition) is 1. The van der Waals surface area contributed by atoms with Gasteiger partial charge in [-0.3, -0.25) is 4.79 Å². The molecule has 3 rings (SSSR count). The first-order chi connectivity index (χ1) is 14.1. The van der Waals surface area contributed by atoms with Crippen LogP contribution in [0.1, 0.15) is 30.6 Å². The molecular weight excluding hydrogens is 368 g/mol. The van der Waals surface area contributed by atoms with Gasteiger partial charge in [-0.1, -0.05) is 42.5 Å². The molecule has 3 aromatic carbocycles. The summed E-state index contributed by atoms with van der Waals surface area (Å²) in [7, 11) is 0. The Hall–Kier alpha value is -3.31.